The molecule has 0 bridgehead atoms. The van der Waals surface area contributed by atoms with Crippen molar-refractivity contribution >= 4 is 46.4 Å². The molecule has 0 radical (unpaired) electrons. The Morgan fingerprint density at radius 2 is 2.07 bits per heavy atom. The number of carbonyl (C=O) groups excluding carboxylic acids is 1. The molecule has 0 aliphatic rings. The van der Waals surface area contributed by atoms with E-state index in [1.165, 1.54) is 11.3 Å². The van der Waals surface area contributed by atoms with Gasteiger partial charge in [0.25, 0.3) is 5.91 Å². The van der Waals surface area contributed by atoms with Crippen molar-refractivity contribution in [2.45, 2.75) is 12.5 Å². The molecule has 1 atom stereocenters. The summed E-state index contributed by atoms with van der Waals surface area (Å²) in [4.78, 5) is 21.8. The van der Waals surface area contributed by atoms with Crippen LogP contribution in [-0.4, -0.2) is 33.6 Å². The van der Waals surface area contributed by atoms with Crippen LogP contribution in [0.25, 0.3) is 10.6 Å². The van der Waals surface area contributed by atoms with Crippen LogP contribution in [0, 0.1) is 0 Å². The fourth-order valence-corrected chi connectivity index (χ4v) is 3.84. The standard InChI is InChI=1S/C18H16Cl2N4O2S/c19-11-2-1-10(13(20)8-11)7-12(9-25)23-17(26)16-4-3-15(27-16)14-5-6-22-18(21)24-14/h1-6,8,12,25H,7,9H2,(H,23,26)(H2,21,22,24). The number of carbonyl (C=O) groups is 1. The first-order chi connectivity index (χ1) is 13.0. The van der Waals surface area contributed by atoms with Crippen LogP contribution in [0.5, 0.6) is 0 Å². The Hall–Kier alpha value is -2.19. The van der Waals surface area contributed by atoms with Gasteiger partial charge >= 0.3 is 0 Å². The minimum atomic E-state index is -0.476. The Labute approximate surface area is 170 Å². The number of nitrogens with one attached hydrogen (secondary N) is 1. The lowest BCUT2D eigenvalue weighted by molar-refractivity contribution is 0.0920. The van der Waals surface area contributed by atoms with Gasteiger partial charge in [-0.1, -0.05) is 29.3 Å². The molecule has 140 valence electrons. The maximum absolute atomic E-state index is 12.5. The van der Waals surface area contributed by atoms with Crippen molar-refractivity contribution in [1.82, 2.24) is 15.3 Å². The highest BCUT2D eigenvalue weighted by Crippen LogP contribution is 2.27. The summed E-state index contributed by atoms with van der Waals surface area (Å²) < 4.78 is 0. The summed E-state index contributed by atoms with van der Waals surface area (Å²) in [6.07, 6.45) is 1.95. The number of thiophene rings is 1. The molecule has 0 aliphatic carbocycles. The van der Waals surface area contributed by atoms with Crippen LogP contribution < -0.4 is 11.1 Å². The first kappa shape index (κ1) is 19.6. The molecule has 2 aromatic heterocycles. The molecule has 2 heterocycles. The van der Waals surface area contributed by atoms with Gasteiger partial charge in [0.1, 0.15) is 0 Å². The summed E-state index contributed by atoms with van der Waals surface area (Å²) >= 11 is 13.3. The van der Waals surface area contributed by atoms with Gasteiger partial charge < -0.3 is 16.2 Å². The van der Waals surface area contributed by atoms with E-state index in [9.17, 15) is 9.90 Å². The first-order valence-corrected chi connectivity index (χ1v) is 9.58. The number of anilines is 1. The summed E-state index contributed by atoms with van der Waals surface area (Å²) in [6.45, 7) is -0.217. The Balaban J connectivity index is 1.70. The maximum Gasteiger partial charge on any atom is 0.261 e. The second-order valence-corrected chi connectivity index (χ2v) is 7.68. The average Bonchev–Trinajstić information content (AvgIpc) is 3.13. The first-order valence-electron chi connectivity index (χ1n) is 8.00. The van der Waals surface area contributed by atoms with E-state index in [0.717, 1.165) is 10.4 Å². The number of aliphatic hydroxyl groups excluding tert-OH is 1. The summed E-state index contributed by atoms with van der Waals surface area (Å²) in [5, 5.41) is 13.5. The van der Waals surface area contributed by atoms with Gasteiger partial charge in [0.15, 0.2) is 0 Å². The average molecular weight is 423 g/mol. The zero-order valence-corrected chi connectivity index (χ0v) is 16.4. The number of benzene rings is 1. The molecule has 6 nitrogen and oxygen atoms in total. The van der Waals surface area contributed by atoms with E-state index >= 15 is 0 Å². The van der Waals surface area contributed by atoms with E-state index in [-0.39, 0.29) is 18.5 Å². The van der Waals surface area contributed by atoms with Crippen molar-refractivity contribution in [2.75, 3.05) is 12.3 Å². The number of hydrogen-bond donors (Lipinski definition) is 3. The third-order valence-corrected chi connectivity index (χ3v) is 5.49. The summed E-state index contributed by atoms with van der Waals surface area (Å²) in [7, 11) is 0. The predicted molar refractivity (Wildman–Crippen MR) is 108 cm³/mol. The Bertz CT molecular complexity index is 964. The molecule has 0 saturated carbocycles. The van der Waals surface area contributed by atoms with Gasteiger partial charge in [0, 0.05) is 16.2 Å². The number of rotatable bonds is 6. The lowest BCUT2D eigenvalue weighted by atomic mass is 10.1. The van der Waals surface area contributed by atoms with Crippen LogP contribution in [0.3, 0.4) is 0 Å². The van der Waals surface area contributed by atoms with Gasteiger partial charge in [-0.25, -0.2) is 9.97 Å². The predicted octanol–water partition coefficient (Wildman–Crippen LogP) is 3.43. The highest BCUT2D eigenvalue weighted by Gasteiger charge is 2.17. The Kier molecular flexibility index (Phi) is 6.28. The summed E-state index contributed by atoms with van der Waals surface area (Å²) in [5.74, 6) is -0.107. The van der Waals surface area contributed by atoms with Crippen LogP contribution in [0.1, 0.15) is 15.2 Å². The normalized spacial score (nSPS) is 12.0. The van der Waals surface area contributed by atoms with Crippen molar-refractivity contribution in [3.05, 3.63) is 63.1 Å². The topological polar surface area (TPSA) is 101 Å². The van der Waals surface area contributed by atoms with Crippen molar-refractivity contribution in [3.63, 3.8) is 0 Å². The molecular weight excluding hydrogens is 407 g/mol. The van der Waals surface area contributed by atoms with Gasteiger partial charge in [0.2, 0.25) is 5.95 Å². The lowest BCUT2D eigenvalue weighted by Gasteiger charge is -2.16. The number of nitrogens with zero attached hydrogens (tertiary/aromatic N) is 2. The molecule has 1 unspecified atom stereocenters. The number of hydrogen-bond acceptors (Lipinski definition) is 6. The largest absolute Gasteiger partial charge is 0.394 e. The van der Waals surface area contributed by atoms with Crippen LogP contribution in [0.15, 0.2) is 42.6 Å². The number of nitrogens with two attached hydrogens (primary N) is 1. The summed E-state index contributed by atoms with van der Waals surface area (Å²) in [5.41, 5.74) is 7.04. The molecule has 0 aliphatic heterocycles. The molecule has 1 amide bonds. The zero-order valence-electron chi connectivity index (χ0n) is 14.0. The molecular formula is C18H16Cl2N4O2S. The van der Waals surface area contributed by atoms with Crippen molar-refractivity contribution in [2.24, 2.45) is 0 Å². The number of halogens is 2. The van der Waals surface area contributed by atoms with Crippen LogP contribution in [-0.2, 0) is 6.42 Å². The Morgan fingerprint density at radius 1 is 1.26 bits per heavy atom. The molecule has 0 spiro atoms. The highest BCUT2D eigenvalue weighted by atomic mass is 35.5. The van der Waals surface area contributed by atoms with Crippen LogP contribution in [0.2, 0.25) is 10.0 Å². The molecule has 1 aromatic carbocycles. The van der Waals surface area contributed by atoms with Gasteiger partial charge in [-0.15, -0.1) is 11.3 Å². The lowest BCUT2D eigenvalue weighted by Crippen LogP contribution is -2.38. The molecule has 0 fully saturated rings. The zero-order chi connectivity index (χ0) is 19.4. The second-order valence-electron chi connectivity index (χ2n) is 5.76. The Morgan fingerprint density at radius 3 is 2.78 bits per heavy atom. The molecule has 3 aromatic rings. The molecule has 27 heavy (non-hydrogen) atoms. The van der Waals surface area contributed by atoms with Crippen molar-refractivity contribution in [1.29, 1.82) is 0 Å². The minimum absolute atomic E-state index is 0.173. The third kappa shape index (κ3) is 4.95. The van der Waals surface area contributed by atoms with Gasteiger partial charge in [0.05, 0.1) is 28.1 Å². The maximum atomic E-state index is 12.5. The fourth-order valence-electron chi connectivity index (χ4n) is 2.48. The highest BCUT2D eigenvalue weighted by molar-refractivity contribution is 7.17. The number of amides is 1. The molecule has 4 N–H and O–H groups in total. The fraction of sp³-hybridized carbons (Fsp3) is 0.167. The van der Waals surface area contributed by atoms with E-state index in [1.54, 1.807) is 42.6 Å². The minimum Gasteiger partial charge on any atom is -0.394 e. The number of aliphatic hydroxyl groups is 1. The smallest absolute Gasteiger partial charge is 0.261 e. The van der Waals surface area contributed by atoms with E-state index in [2.05, 4.69) is 15.3 Å². The van der Waals surface area contributed by atoms with Crippen molar-refractivity contribution in [3.8, 4) is 10.6 Å². The van der Waals surface area contributed by atoms with Gasteiger partial charge in [-0.2, -0.15) is 0 Å². The van der Waals surface area contributed by atoms with E-state index < -0.39 is 6.04 Å². The SMILES string of the molecule is Nc1nccc(-c2ccc(C(=O)NC(CO)Cc3ccc(Cl)cc3Cl)s2)n1. The monoisotopic (exact) mass is 422 g/mol. The number of aromatic nitrogens is 2. The second kappa shape index (κ2) is 8.67. The molecule has 9 heteroatoms. The van der Waals surface area contributed by atoms with Gasteiger partial charge in [-0.3, -0.25) is 4.79 Å². The van der Waals surface area contributed by atoms with Crippen LogP contribution in [0.4, 0.5) is 5.95 Å². The van der Waals surface area contributed by atoms with E-state index in [1.807, 2.05) is 0 Å². The van der Waals surface area contributed by atoms with Crippen LogP contribution >= 0.6 is 34.5 Å². The van der Waals surface area contributed by atoms with E-state index in [0.29, 0.717) is 27.0 Å². The van der Waals surface area contributed by atoms with Crippen molar-refractivity contribution < 1.29 is 9.90 Å². The third-order valence-electron chi connectivity index (χ3n) is 3.79. The quantitative estimate of drug-likeness (QED) is 0.564. The number of nitrogen functional groups attached to an aromatic ring is 1. The molecule has 0 saturated heterocycles. The van der Waals surface area contributed by atoms with Gasteiger partial charge in [-0.05, 0) is 42.3 Å². The van der Waals surface area contributed by atoms with E-state index in [4.69, 9.17) is 28.9 Å². The summed E-state index contributed by atoms with van der Waals surface area (Å²) in [6, 6.07) is 9.89. The molecule has 3 rings (SSSR count).